The number of fused-ring (bicyclic) bond motifs is 2. The molecule has 0 saturated carbocycles. The van der Waals surface area contributed by atoms with Crippen LogP contribution >= 0.6 is 19.0 Å². The summed E-state index contributed by atoms with van der Waals surface area (Å²) in [7, 11) is -1.18. The first kappa shape index (κ1) is 19.4. The Morgan fingerprint density at radius 2 is 2.04 bits per heavy atom. The molecule has 0 spiro atoms. The third-order valence-electron chi connectivity index (χ3n) is 5.52. The Morgan fingerprint density at radius 3 is 2.75 bits per heavy atom. The molecule has 2 heterocycles. The molecule has 0 radical (unpaired) electrons. The molecule has 4 rings (SSSR count). The van der Waals surface area contributed by atoms with E-state index in [1.165, 1.54) is 0 Å². The van der Waals surface area contributed by atoms with Gasteiger partial charge in [-0.1, -0.05) is 0 Å². The molecule has 0 aromatic heterocycles. The Labute approximate surface area is 170 Å². The van der Waals surface area contributed by atoms with E-state index in [-0.39, 0.29) is 5.52 Å². The predicted octanol–water partition coefficient (Wildman–Crippen LogP) is 3.33. The number of hydrogen-bond acceptors (Lipinski definition) is 5. The zero-order valence-corrected chi connectivity index (χ0v) is 17.5. The molecule has 2 aliphatic rings. The summed E-state index contributed by atoms with van der Waals surface area (Å²) in [6.45, 7) is 0. The Morgan fingerprint density at radius 1 is 1.29 bits per heavy atom. The second-order valence-corrected chi connectivity index (χ2v) is 11.2. The summed E-state index contributed by atoms with van der Waals surface area (Å²) < 4.78 is 16.1. The SMILES string of the molecule is COc1ccc(CC(N)C2=N[PH]3(c4ccccc4Cl)CCCC(O2)C3=O)cc1. The number of carbonyl (C=O) groups excluding carboxylic acids is 1. The van der Waals surface area contributed by atoms with Gasteiger partial charge in [0.25, 0.3) is 0 Å². The van der Waals surface area contributed by atoms with Crippen molar-refractivity contribution >= 4 is 35.7 Å². The maximum atomic E-state index is 13.2. The summed E-state index contributed by atoms with van der Waals surface area (Å²) in [6, 6.07) is 14.9. The third kappa shape index (κ3) is 3.43. The van der Waals surface area contributed by atoms with Gasteiger partial charge in [0.1, 0.15) is 0 Å². The number of methoxy groups -OCH3 is 1. The van der Waals surface area contributed by atoms with Crippen molar-refractivity contribution in [1.29, 1.82) is 0 Å². The molecule has 2 bridgehead atoms. The van der Waals surface area contributed by atoms with Crippen molar-refractivity contribution in [2.45, 2.75) is 31.4 Å². The Hall–Kier alpha value is -1.94. The number of benzene rings is 2. The molecule has 2 aromatic carbocycles. The zero-order valence-electron chi connectivity index (χ0n) is 15.7. The van der Waals surface area contributed by atoms with E-state index in [0.717, 1.165) is 29.2 Å². The third-order valence-corrected chi connectivity index (χ3v) is 10.2. The number of nitrogens with two attached hydrogens (primary N) is 1. The second-order valence-electron chi connectivity index (χ2n) is 7.31. The number of rotatable bonds is 5. The van der Waals surface area contributed by atoms with Crippen LogP contribution in [0.5, 0.6) is 5.75 Å². The normalized spacial score (nSPS) is 22.6. The van der Waals surface area contributed by atoms with Gasteiger partial charge >= 0.3 is 170 Å². The Kier molecular flexibility index (Phi) is 5.42. The van der Waals surface area contributed by atoms with E-state index in [0.29, 0.717) is 23.8 Å². The van der Waals surface area contributed by atoms with Gasteiger partial charge in [-0.25, -0.2) is 0 Å². The van der Waals surface area contributed by atoms with Crippen molar-refractivity contribution in [1.82, 2.24) is 0 Å². The van der Waals surface area contributed by atoms with Crippen molar-refractivity contribution in [2.24, 2.45) is 10.5 Å². The molecule has 5 nitrogen and oxygen atoms in total. The van der Waals surface area contributed by atoms with Crippen molar-refractivity contribution < 1.29 is 14.3 Å². The minimum atomic E-state index is -2.82. The van der Waals surface area contributed by atoms with E-state index in [4.69, 9.17) is 31.6 Å². The summed E-state index contributed by atoms with van der Waals surface area (Å²) in [5, 5.41) is 1.49. The number of ether oxygens (including phenoxy) is 2. The summed E-state index contributed by atoms with van der Waals surface area (Å²) in [5.74, 6) is 1.29. The summed E-state index contributed by atoms with van der Waals surface area (Å²) in [5.41, 5.74) is 7.65. The van der Waals surface area contributed by atoms with E-state index >= 15 is 0 Å². The van der Waals surface area contributed by atoms with Gasteiger partial charge in [0.05, 0.1) is 0 Å². The van der Waals surface area contributed by atoms with Gasteiger partial charge in [0, 0.05) is 0 Å². The molecule has 0 aliphatic carbocycles. The van der Waals surface area contributed by atoms with Crippen LogP contribution in [0, 0.1) is 0 Å². The Bertz CT molecular complexity index is 918. The minimum absolute atomic E-state index is 0.118. The molecule has 2 aliphatic heterocycles. The monoisotopic (exact) mass is 418 g/mol. The summed E-state index contributed by atoms with van der Waals surface area (Å²) in [6.07, 6.45) is 2.52. The first-order chi connectivity index (χ1) is 13.5. The van der Waals surface area contributed by atoms with Crippen LogP contribution < -0.4 is 15.8 Å². The quantitative estimate of drug-likeness (QED) is 0.756. The number of halogens is 1. The van der Waals surface area contributed by atoms with Gasteiger partial charge in [-0.15, -0.1) is 0 Å². The van der Waals surface area contributed by atoms with Crippen LogP contribution in [-0.2, 0) is 16.0 Å². The van der Waals surface area contributed by atoms with Crippen LogP contribution in [0.1, 0.15) is 18.4 Å². The van der Waals surface area contributed by atoms with Crippen LogP contribution in [0.4, 0.5) is 0 Å². The zero-order chi connectivity index (χ0) is 19.7. The van der Waals surface area contributed by atoms with Crippen molar-refractivity contribution in [2.75, 3.05) is 13.3 Å². The van der Waals surface area contributed by atoms with Gasteiger partial charge < -0.3 is 0 Å². The van der Waals surface area contributed by atoms with Crippen LogP contribution in [0.25, 0.3) is 0 Å². The summed E-state index contributed by atoms with van der Waals surface area (Å²) >= 11 is 6.48. The van der Waals surface area contributed by atoms with E-state index < -0.39 is 19.6 Å². The number of hydrogen-bond donors (Lipinski definition) is 1. The van der Waals surface area contributed by atoms with E-state index in [1.54, 1.807) is 7.11 Å². The van der Waals surface area contributed by atoms with E-state index in [9.17, 15) is 4.79 Å². The van der Waals surface area contributed by atoms with Crippen molar-refractivity contribution in [3.63, 3.8) is 0 Å². The fourth-order valence-electron chi connectivity index (χ4n) is 4.04. The molecule has 148 valence electrons. The van der Waals surface area contributed by atoms with Gasteiger partial charge in [-0.2, -0.15) is 0 Å². The average molecular weight is 419 g/mol. The molecule has 28 heavy (non-hydrogen) atoms. The molecule has 7 heteroatoms. The fraction of sp³-hybridized carbons (Fsp3) is 0.333. The summed E-state index contributed by atoms with van der Waals surface area (Å²) in [4.78, 5) is 13.2. The molecular formula is C21H24ClN2O3P. The van der Waals surface area contributed by atoms with E-state index in [1.807, 2.05) is 48.5 Å². The molecular weight excluding hydrogens is 395 g/mol. The van der Waals surface area contributed by atoms with Gasteiger partial charge in [0.2, 0.25) is 0 Å². The molecule has 2 atom stereocenters. The van der Waals surface area contributed by atoms with Crippen LogP contribution in [0.2, 0.25) is 5.02 Å². The maximum absolute atomic E-state index is 13.2. The van der Waals surface area contributed by atoms with E-state index in [2.05, 4.69) is 0 Å². The molecule has 1 fully saturated rings. The predicted molar refractivity (Wildman–Crippen MR) is 115 cm³/mol. The molecule has 2 unspecified atom stereocenters. The number of nitrogens with zero attached hydrogens (tertiary/aromatic N) is 1. The Balaban J connectivity index is 1.67. The first-order valence-electron chi connectivity index (χ1n) is 9.48. The molecule has 2 N–H and O–H groups in total. The molecule has 0 amide bonds. The molecule has 1 saturated heterocycles. The topological polar surface area (TPSA) is 73.9 Å². The average Bonchev–Trinajstić information content (AvgIpc) is 2.69. The van der Waals surface area contributed by atoms with Crippen LogP contribution in [0.15, 0.2) is 53.3 Å². The van der Waals surface area contributed by atoms with Crippen LogP contribution in [-0.4, -0.2) is 36.8 Å². The van der Waals surface area contributed by atoms with Gasteiger partial charge in [-0.3, -0.25) is 0 Å². The van der Waals surface area contributed by atoms with Crippen molar-refractivity contribution in [3.8, 4) is 5.75 Å². The van der Waals surface area contributed by atoms with Gasteiger partial charge in [-0.05, 0) is 0 Å². The second kappa shape index (κ2) is 7.82. The van der Waals surface area contributed by atoms with Crippen molar-refractivity contribution in [3.05, 3.63) is 59.1 Å². The first-order valence-corrected chi connectivity index (χ1v) is 12.0. The molecule has 2 aromatic rings. The fourth-order valence-corrected chi connectivity index (χ4v) is 8.67. The van der Waals surface area contributed by atoms with Gasteiger partial charge in [0.15, 0.2) is 0 Å². The number of carbonyl (C=O) groups is 1. The standard InChI is InChI=1S/C21H24ClN2O3P/c1-26-15-10-8-14(9-11-15)13-17(23)20-24-28(19-7-3-2-5-16(19)22)12-4-6-18(27-20)21(28)25/h2-3,5,7-11,17-18,28H,4,6,12-13,23H2,1H3. The van der Waals surface area contributed by atoms with Crippen LogP contribution in [0.3, 0.4) is 0 Å².